The number of urea groups is 1. The molecule has 0 bridgehead atoms. The predicted octanol–water partition coefficient (Wildman–Crippen LogP) is 1.08. The number of sulfone groups is 1. The Bertz CT molecular complexity index is 656. The van der Waals surface area contributed by atoms with Crippen LogP contribution in [0.5, 0.6) is 0 Å². The molecule has 21 heavy (non-hydrogen) atoms. The number of benzene rings is 1. The van der Waals surface area contributed by atoms with Gasteiger partial charge >= 0.3 is 12.0 Å². The molecule has 1 atom stereocenters. The van der Waals surface area contributed by atoms with E-state index >= 15 is 0 Å². The average molecular weight is 312 g/mol. The number of rotatable bonds is 3. The molecule has 1 unspecified atom stereocenters. The highest BCUT2D eigenvalue weighted by molar-refractivity contribution is 7.91. The zero-order chi connectivity index (χ0) is 15.5. The van der Waals surface area contributed by atoms with E-state index in [4.69, 9.17) is 5.11 Å². The van der Waals surface area contributed by atoms with Gasteiger partial charge in [0, 0.05) is 11.7 Å². The largest absolute Gasteiger partial charge is 0.478 e. The average Bonchev–Trinajstić information content (AvgIpc) is 2.37. The van der Waals surface area contributed by atoms with Crippen molar-refractivity contribution < 1.29 is 23.1 Å². The second kappa shape index (κ2) is 6.13. The van der Waals surface area contributed by atoms with Crippen molar-refractivity contribution in [2.75, 3.05) is 16.8 Å². The molecule has 1 aliphatic rings. The van der Waals surface area contributed by atoms with E-state index in [1.54, 1.807) is 6.07 Å². The van der Waals surface area contributed by atoms with E-state index in [0.29, 0.717) is 18.5 Å². The predicted molar refractivity (Wildman–Crippen MR) is 77.2 cm³/mol. The molecule has 1 aromatic rings. The van der Waals surface area contributed by atoms with Crippen LogP contribution >= 0.6 is 0 Å². The van der Waals surface area contributed by atoms with E-state index in [0.717, 1.165) is 0 Å². The number of anilines is 1. The number of carboxylic acid groups (broad SMARTS) is 1. The fourth-order valence-electron chi connectivity index (χ4n) is 2.22. The Morgan fingerprint density at radius 1 is 1.29 bits per heavy atom. The SMILES string of the molecule is O=C(Nc1cccc(C(=O)O)c1)NC1CCCS(=O)(=O)C1. The molecule has 0 aromatic heterocycles. The van der Waals surface area contributed by atoms with E-state index in [1.807, 2.05) is 0 Å². The van der Waals surface area contributed by atoms with Crippen molar-refractivity contribution in [1.82, 2.24) is 5.32 Å². The standard InChI is InChI=1S/C13H16N2O5S/c16-12(17)9-3-1-4-10(7-9)14-13(18)15-11-5-2-6-21(19,20)8-11/h1,3-4,7,11H,2,5-6,8H2,(H,16,17)(H2,14,15,18). The van der Waals surface area contributed by atoms with Crippen molar-refractivity contribution in [2.45, 2.75) is 18.9 Å². The summed E-state index contributed by atoms with van der Waals surface area (Å²) >= 11 is 0. The van der Waals surface area contributed by atoms with E-state index in [1.165, 1.54) is 18.2 Å². The van der Waals surface area contributed by atoms with Crippen LogP contribution in [0.3, 0.4) is 0 Å². The zero-order valence-electron chi connectivity index (χ0n) is 11.2. The normalized spacial score (nSPS) is 20.5. The lowest BCUT2D eigenvalue weighted by atomic mass is 10.2. The molecule has 2 amide bonds. The van der Waals surface area contributed by atoms with Crippen LogP contribution in [-0.4, -0.2) is 43.1 Å². The number of carbonyl (C=O) groups excluding carboxylic acids is 1. The lowest BCUT2D eigenvalue weighted by Gasteiger charge is -2.23. The molecule has 2 rings (SSSR count). The van der Waals surface area contributed by atoms with Crippen LogP contribution in [0.25, 0.3) is 0 Å². The molecule has 8 heteroatoms. The van der Waals surface area contributed by atoms with Crippen LogP contribution < -0.4 is 10.6 Å². The van der Waals surface area contributed by atoms with Gasteiger partial charge in [0.05, 0.1) is 17.1 Å². The van der Waals surface area contributed by atoms with Crippen molar-refractivity contribution >= 4 is 27.5 Å². The van der Waals surface area contributed by atoms with Crippen LogP contribution in [0, 0.1) is 0 Å². The molecule has 1 heterocycles. The second-order valence-electron chi connectivity index (χ2n) is 4.94. The minimum Gasteiger partial charge on any atom is -0.478 e. The van der Waals surface area contributed by atoms with E-state index in [9.17, 15) is 18.0 Å². The van der Waals surface area contributed by atoms with Gasteiger partial charge in [-0.1, -0.05) is 6.07 Å². The number of hydrogen-bond acceptors (Lipinski definition) is 4. The van der Waals surface area contributed by atoms with Crippen molar-refractivity contribution in [2.24, 2.45) is 0 Å². The molecule has 7 nitrogen and oxygen atoms in total. The lowest BCUT2D eigenvalue weighted by molar-refractivity contribution is 0.0697. The number of carbonyl (C=O) groups is 2. The van der Waals surface area contributed by atoms with Gasteiger partial charge in [-0.15, -0.1) is 0 Å². The van der Waals surface area contributed by atoms with Crippen molar-refractivity contribution in [1.29, 1.82) is 0 Å². The van der Waals surface area contributed by atoms with Gasteiger partial charge in [-0.25, -0.2) is 18.0 Å². The number of nitrogens with one attached hydrogen (secondary N) is 2. The third-order valence-electron chi connectivity index (χ3n) is 3.17. The molecule has 114 valence electrons. The summed E-state index contributed by atoms with van der Waals surface area (Å²) in [4.78, 5) is 22.6. The van der Waals surface area contributed by atoms with Crippen LogP contribution in [0.1, 0.15) is 23.2 Å². The van der Waals surface area contributed by atoms with Gasteiger partial charge in [-0.3, -0.25) is 0 Å². The maximum Gasteiger partial charge on any atom is 0.335 e. The summed E-state index contributed by atoms with van der Waals surface area (Å²) in [7, 11) is -3.09. The third-order valence-corrected chi connectivity index (χ3v) is 4.99. The number of carboxylic acids is 1. The molecular formula is C13H16N2O5S. The maximum absolute atomic E-state index is 11.8. The Kier molecular flexibility index (Phi) is 4.46. The first-order valence-electron chi connectivity index (χ1n) is 6.47. The topological polar surface area (TPSA) is 113 Å². The monoisotopic (exact) mass is 312 g/mol. The molecule has 0 spiro atoms. The summed E-state index contributed by atoms with van der Waals surface area (Å²) in [5, 5.41) is 14.0. The number of amides is 2. The van der Waals surface area contributed by atoms with Crippen molar-refractivity contribution in [3.05, 3.63) is 29.8 Å². The molecule has 0 radical (unpaired) electrons. The summed E-state index contributed by atoms with van der Waals surface area (Å²) in [5.41, 5.74) is 0.402. The van der Waals surface area contributed by atoms with Gasteiger partial charge in [0.2, 0.25) is 0 Å². The fraction of sp³-hybridized carbons (Fsp3) is 0.385. The Morgan fingerprint density at radius 2 is 2.05 bits per heavy atom. The second-order valence-corrected chi connectivity index (χ2v) is 7.17. The van der Waals surface area contributed by atoms with E-state index < -0.39 is 27.9 Å². The van der Waals surface area contributed by atoms with Crippen molar-refractivity contribution in [3.8, 4) is 0 Å². The highest BCUT2D eigenvalue weighted by Crippen LogP contribution is 2.13. The molecular weight excluding hydrogens is 296 g/mol. The molecule has 0 aliphatic carbocycles. The molecule has 1 fully saturated rings. The van der Waals surface area contributed by atoms with Gasteiger partial charge in [0.15, 0.2) is 9.84 Å². The minimum absolute atomic E-state index is 0.0599. The van der Waals surface area contributed by atoms with Gasteiger partial charge in [0.1, 0.15) is 0 Å². The smallest absolute Gasteiger partial charge is 0.335 e. The first-order chi connectivity index (χ1) is 9.85. The highest BCUT2D eigenvalue weighted by atomic mass is 32.2. The first kappa shape index (κ1) is 15.3. The fourth-order valence-corrected chi connectivity index (χ4v) is 3.86. The van der Waals surface area contributed by atoms with Crippen LogP contribution in [0.4, 0.5) is 10.5 Å². The first-order valence-corrected chi connectivity index (χ1v) is 8.29. The van der Waals surface area contributed by atoms with Crippen LogP contribution in [0.15, 0.2) is 24.3 Å². The van der Waals surface area contributed by atoms with Crippen LogP contribution in [0.2, 0.25) is 0 Å². The Morgan fingerprint density at radius 3 is 2.71 bits per heavy atom. The zero-order valence-corrected chi connectivity index (χ0v) is 12.0. The van der Waals surface area contributed by atoms with Gasteiger partial charge in [-0.05, 0) is 31.0 Å². The van der Waals surface area contributed by atoms with Crippen molar-refractivity contribution in [3.63, 3.8) is 0 Å². The van der Waals surface area contributed by atoms with Gasteiger partial charge < -0.3 is 15.7 Å². The van der Waals surface area contributed by atoms with Gasteiger partial charge in [0.25, 0.3) is 0 Å². The quantitative estimate of drug-likeness (QED) is 0.773. The van der Waals surface area contributed by atoms with E-state index in [2.05, 4.69) is 10.6 Å². The summed E-state index contributed by atoms with van der Waals surface area (Å²) in [5.74, 6) is -0.985. The van der Waals surface area contributed by atoms with Gasteiger partial charge in [-0.2, -0.15) is 0 Å². The Labute approximate surface area is 122 Å². The molecule has 1 aromatic carbocycles. The lowest BCUT2D eigenvalue weighted by Crippen LogP contribution is -2.44. The molecule has 3 N–H and O–H groups in total. The summed E-state index contributed by atoms with van der Waals surface area (Å²) < 4.78 is 23.0. The third kappa shape index (κ3) is 4.45. The summed E-state index contributed by atoms with van der Waals surface area (Å²) in [6, 6.07) is 4.87. The highest BCUT2D eigenvalue weighted by Gasteiger charge is 2.25. The molecule has 1 saturated heterocycles. The maximum atomic E-state index is 11.8. The summed E-state index contributed by atoms with van der Waals surface area (Å²) in [6.45, 7) is 0. The Balaban J connectivity index is 1.95. The van der Waals surface area contributed by atoms with E-state index in [-0.39, 0.29) is 17.1 Å². The molecule has 1 aliphatic heterocycles. The van der Waals surface area contributed by atoms with Crippen LogP contribution in [-0.2, 0) is 9.84 Å². The summed E-state index contributed by atoms with van der Waals surface area (Å²) in [6.07, 6.45) is 1.14. The number of hydrogen-bond donors (Lipinski definition) is 3. The Hall–Kier alpha value is -2.09. The molecule has 0 saturated carbocycles. The number of aromatic carboxylic acids is 1. The minimum atomic E-state index is -3.09.